The van der Waals surface area contributed by atoms with E-state index in [2.05, 4.69) is 5.32 Å². The molecule has 1 atom stereocenters. The van der Waals surface area contributed by atoms with Gasteiger partial charge in [-0.1, -0.05) is 12.1 Å². The zero-order valence-corrected chi connectivity index (χ0v) is 10.3. The third kappa shape index (κ3) is 1.68. The highest BCUT2D eigenvalue weighted by Crippen LogP contribution is 2.22. The van der Waals surface area contributed by atoms with E-state index in [1.807, 2.05) is 0 Å². The third-order valence-electron chi connectivity index (χ3n) is 3.46. The molecule has 6 nitrogen and oxygen atoms in total. The molecule has 0 bridgehead atoms. The number of imide groups is 1. The van der Waals surface area contributed by atoms with Gasteiger partial charge in [0.1, 0.15) is 6.04 Å². The lowest BCUT2D eigenvalue weighted by atomic mass is 10.1. The van der Waals surface area contributed by atoms with E-state index in [4.69, 9.17) is 1.37 Å². The number of benzene rings is 1. The number of amides is 2. The van der Waals surface area contributed by atoms with Crippen molar-refractivity contribution in [2.45, 2.75) is 18.9 Å². The van der Waals surface area contributed by atoms with Crippen molar-refractivity contribution in [3.05, 3.63) is 34.7 Å². The number of aryl methyl sites for hydroxylation is 1. The van der Waals surface area contributed by atoms with Crippen LogP contribution >= 0.6 is 0 Å². The van der Waals surface area contributed by atoms with Crippen LogP contribution in [0.5, 0.6) is 0 Å². The highest BCUT2D eigenvalue weighted by atomic mass is 16.2. The molecule has 2 amide bonds. The first kappa shape index (κ1) is 10.5. The van der Waals surface area contributed by atoms with Gasteiger partial charge in [0.25, 0.3) is 0 Å². The van der Waals surface area contributed by atoms with Gasteiger partial charge < -0.3 is 0 Å². The summed E-state index contributed by atoms with van der Waals surface area (Å²) < 4.78 is 10.4. The van der Waals surface area contributed by atoms with E-state index >= 15 is 0 Å². The monoisotopic (exact) mass is 260 g/mol. The minimum atomic E-state index is -0.680. The van der Waals surface area contributed by atoms with Crippen molar-refractivity contribution in [1.82, 2.24) is 14.5 Å². The van der Waals surface area contributed by atoms with Crippen LogP contribution in [0.2, 0.25) is 0 Å². The summed E-state index contributed by atoms with van der Waals surface area (Å²) in [4.78, 5) is 35.5. The lowest BCUT2D eigenvalue weighted by Gasteiger charge is -2.21. The van der Waals surface area contributed by atoms with Gasteiger partial charge in [0.2, 0.25) is 11.8 Å². The van der Waals surface area contributed by atoms with Crippen LogP contribution in [0.4, 0.5) is 0 Å². The number of imidazole rings is 1. The molecule has 1 aliphatic heterocycles. The first-order valence-corrected chi connectivity index (χ1v) is 6.00. The lowest BCUT2D eigenvalue weighted by Crippen LogP contribution is -2.44. The maximum absolute atomic E-state index is 12.3. The molecule has 19 heavy (non-hydrogen) atoms. The van der Waals surface area contributed by atoms with Gasteiger partial charge >= 0.3 is 5.69 Å². The zero-order chi connectivity index (χ0) is 14.4. The average Bonchev–Trinajstić information content (AvgIpc) is 2.63. The summed E-state index contributed by atoms with van der Waals surface area (Å²) in [7, 11) is 1.60. The molecule has 0 radical (unpaired) electrons. The molecule has 0 spiro atoms. The molecule has 3 rings (SSSR count). The van der Waals surface area contributed by atoms with Crippen molar-refractivity contribution in [1.29, 1.82) is 0 Å². The highest BCUT2D eigenvalue weighted by Gasteiger charge is 2.30. The molecule has 1 aromatic heterocycles. The maximum atomic E-state index is 12.3. The van der Waals surface area contributed by atoms with Crippen molar-refractivity contribution in [3.8, 4) is 0 Å². The molecule has 1 aromatic carbocycles. The minimum Gasteiger partial charge on any atom is -0.295 e. The number of carbonyl (C=O) groups excluding carboxylic acids is 2. The van der Waals surface area contributed by atoms with E-state index in [-0.39, 0.29) is 18.0 Å². The van der Waals surface area contributed by atoms with Gasteiger partial charge in [-0.2, -0.15) is 0 Å². The molecule has 1 unspecified atom stereocenters. The molecule has 0 aliphatic carbocycles. The fourth-order valence-electron chi connectivity index (χ4n) is 2.48. The molecular weight excluding hydrogens is 246 g/mol. The molecule has 6 heteroatoms. The van der Waals surface area contributed by atoms with Gasteiger partial charge in [0, 0.05) is 13.5 Å². The number of carbonyl (C=O) groups is 2. The first-order valence-electron chi connectivity index (χ1n) is 6.50. The molecule has 1 saturated heterocycles. The molecule has 0 saturated carbocycles. The molecule has 2 heterocycles. The zero-order valence-electron chi connectivity index (χ0n) is 11.3. The molecule has 98 valence electrons. The Kier molecular flexibility index (Phi) is 2.26. The highest BCUT2D eigenvalue weighted by molar-refractivity contribution is 6.00. The Balaban J connectivity index is 2.21. The SMILES string of the molecule is [2H]c1ccc2c(c1)n(C)c(=O)n2C1CCC(=O)NC1=O. The van der Waals surface area contributed by atoms with E-state index in [0.29, 0.717) is 23.5 Å². The molecule has 1 aliphatic rings. The Labute approximate surface area is 110 Å². The molecule has 2 aromatic rings. The van der Waals surface area contributed by atoms with E-state index in [1.54, 1.807) is 25.2 Å². The predicted octanol–water partition coefficient (Wildman–Crippen LogP) is 0.318. The number of para-hydroxylation sites is 2. The van der Waals surface area contributed by atoms with Gasteiger partial charge in [0.05, 0.1) is 12.4 Å². The lowest BCUT2D eigenvalue weighted by molar-refractivity contribution is -0.135. The van der Waals surface area contributed by atoms with Crippen LogP contribution in [-0.2, 0) is 16.6 Å². The topological polar surface area (TPSA) is 73.1 Å². The van der Waals surface area contributed by atoms with Crippen molar-refractivity contribution >= 4 is 22.8 Å². The number of hydrogen-bond acceptors (Lipinski definition) is 3. The fourth-order valence-corrected chi connectivity index (χ4v) is 2.48. The number of nitrogens with zero attached hydrogens (tertiary/aromatic N) is 2. The molecule has 1 N–H and O–H groups in total. The molecule has 1 fully saturated rings. The Morgan fingerprint density at radius 2 is 2.11 bits per heavy atom. The van der Waals surface area contributed by atoms with Gasteiger partial charge in [-0.15, -0.1) is 0 Å². The Morgan fingerprint density at radius 3 is 2.84 bits per heavy atom. The fraction of sp³-hybridized carbons (Fsp3) is 0.308. The van der Waals surface area contributed by atoms with Crippen LogP contribution in [0, 0.1) is 0 Å². The summed E-state index contributed by atoms with van der Waals surface area (Å²) in [5, 5.41) is 2.26. The second-order valence-corrected chi connectivity index (χ2v) is 4.59. The van der Waals surface area contributed by atoms with Gasteiger partial charge in [0.15, 0.2) is 0 Å². The third-order valence-corrected chi connectivity index (χ3v) is 3.46. The second kappa shape index (κ2) is 4.08. The van der Waals surface area contributed by atoms with E-state index < -0.39 is 11.9 Å². The van der Waals surface area contributed by atoms with Crippen LogP contribution in [-0.4, -0.2) is 20.9 Å². The Morgan fingerprint density at radius 1 is 1.32 bits per heavy atom. The number of hydrogen-bond donors (Lipinski definition) is 1. The molecular formula is C13H13N3O3. The number of rotatable bonds is 1. The largest absolute Gasteiger partial charge is 0.329 e. The van der Waals surface area contributed by atoms with Crippen molar-refractivity contribution in [2.24, 2.45) is 7.05 Å². The Bertz CT molecular complexity index is 790. The minimum absolute atomic E-state index is 0.218. The van der Waals surface area contributed by atoms with Crippen LogP contribution in [0.15, 0.2) is 29.0 Å². The summed E-state index contributed by atoms with van der Waals surface area (Å²) >= 11 is 0. The van der Waals surface area contributed by atoms with E-state index in [0.717, 1.165) is 0 Å². The van der Waals surface area contributed by atoms with Crippen LogP contribution < -0.4 is 11.0 Å². The van der Waals surface area contributed by atoms with Gasteiger partial charge in [-0.05, 0) is 18.6 Å². The van der Waals surface area contributed by atoms with Crippen molar-refractivity contribution in [3.63, 3.8) is 0 Å². The second-order valence-electron chi connectivity index (χ2n) is 4.59. The maximum Gasteiger partial charge on any atom is 0.329 e. The average molecular weight is 260 g/mol. The van der Waals surface area contributed by atoms with Gasteiger partial charge in [-0.25, -0.2) is 4.79 Å². The van der Waals surface area contributed by atoms with Crippen LogP contribution in [0.3, 0.4) is 0 Å². The summed E-state index contributed by atoms with van der Waals surface area (Å²) in [6, 6.07) is 4.43. The van der Waals surface area contributed by atoms with Crippen molar-refractivity contribution < 1.29 is 11.0 Å². The summed E-state index contributed by atoms with van der Waals surface area (Å²) in [6.07, 6.45) is 0.530. The van der Waals surface area contributed by atoms with Crippen molar-refractivity contribution in [2.75, 3.05) is 0 Å². The summed E-state index contributed by atoms with van der Waals surface area (Å²) in [5.74, 6) is -0.765. The van der Waals surface area contributed by atoms with E-state index in [9.17, 15) is 14.4 Å². The standard InChI is InChI=1S/C13H13N3O3/c1-15-8-4-2-3-5-9(8)16(13(15)19)10-6-7-11(17)14-12(10)18/h2-5,10H,6-7H2,1H3,(H,14,17,18)/i2D. The number of piperidine rings is 1. The van der Waals surface area contributed by atoms with Gasteiger partial charge in [-0.3, -0.25) is 24.0 Å². The number of fused-ring (bicyclic) bond motifs is 1. The van der Waals surface area contributed by atoms with Crippen LogP contribution in [0.25, 0.3) is 11.0 Å². The normalized spacial score (nSPS) is 20.5. The van der Waals surface area contributed by atoms with E-state index in [1.165, 1.54) is 9.13 Å². The van der Waals surface area contributed by atoms with Crippen LogP contribution in [0.1, 0.15) is 20.3 Å². The smallest absolute Gasteiger partial charge is 0.295 e. The first-order chi connectivity index (χ1) is 9.49. The number of aromatic nitrogens is 2. The summed E-state index contributed by atoms with van der Waals surface area (Å²) in [6.45, 7) is 0. The quantitative estimate of drug-likeness (QED) is 0.750. The predicted molar refractivity (Wildman–Crippen MR) is 68.6 cm³/mol. The Hall–Kier alpha value is -2.37. The number of nitrogens with one attached hydrogen (secondary N) is 1. The summed E-state index contributed by atoms with van der Waals surface area (Å²) in [5.41, 5.74) is 0.885.